The predicted molar refractivity (Wildman–Crippen MR) is 104 cm³/mol. The number of carbonyl (C=O) groups is 3. The summed E-state index contributed by atoms with van der Waals surface area (Å²) in [5.74, 6) is -2.10. The van der Waals surface area contributed by atoms with Crippen LogP contribution in [-0.2, 0) is 19.1 Å². The zero-order chi connectivity index (χ0) is 21.0. The molecule has 150 valence electrons. The minimum atomic E-state index is -0.704. The smallest absolute Gasteiger partial charge is 0.311 e. The Morgan fingerprint density at radius 2 is 1.83 bits per heavy atom. The van der Waals surface area contributed by atoms with Gasteiger partial charge >= 0.3 is 5.97 Å². The highest BCUT2D eigenvalue weighted by Crippen LogP contribution is 2.27. The van der Waals surface area contributed by atoms with Crippen molar-refractivity contribution in [3.8, 4) is 0 Å². The lowest BCUT2D eigenvalue weighted by atomic mass is 10.1. The second-order valence-electron chi connectivity index (χ2n) is 6.70. The first-order chi connectivity index (χ1) is 13.8. The molecule has 1 fully saturated rings. The van der Waals surface area contributed by atoms with E-state index in [1.807, 2.05) is 19.1 Å². The van der Waals surface area contributed by atoms with Gasteiger partial charge in [0.15, 0.2) is 6.61 Å². The van der Waals surface area contributed by atoms with Crippen molar-refractivity contribution in [1.29, 1.82) is 0 Å². The van der Waals surface area contributed by atoms with E-state index in [0.717, 1.165) is 5.56 Å². The number of non-ortho nitro benzene ring substituents is 1. The fourth-order valence-corrected chi connectivity index (χ4v) is 2.96. The monoisotopic (exact) mass is 397 g/mol. The third kappa shape index (κ3) is 4.95. The van der Waals surface area contributed by atoms with Crippen LogP contribution in [0.15, 0.2) is 48.5 Å². The summed E-state index contributed by atoms with van der Waals surface area (Å²) in [5.41, 5.74) is 2.03. The summed E-state index contributed by atoms with van der Waals surface area (Å²) in [4.78, 5) is 48.0. The van der Waals surface area contributed by atoms with Gasteiger partial charge in [0.1, 0.15) is 0 Å². The molecule has 2 aromatic rings. The van der Waals surface area contributed by atoms with Crippen molar-refractivity contribution in [2.75, 3.05) is 23.4 Å². The second kappa shape index (κ2) is 8.51. The van der Waals surface area contributed by atoms with E-state index in [-0.39, 0.29) is 24.6 Å². The molecule has 1 aliphatic heterocycles. The molecule has 29 heavy (non-hydrogen) atoms. The molecule has 1 heterocycles. The average molecular weight is 397 g/mol. The van der Waals surface area contributed by atoms with Crippen LogP contribution in [-0.4, -0.2) is 35.9 Å². The van der Waals surface area contributed by atoms with Gasteiger partial charge in [-0.25, -0.2) is 0 Å². The largest absolute Gasteiger partial charge is 0.455 e. The van der Waals surface area contributed by atoms with E-state index in [1.54, 1.807) is 12.1 Å². The highest BCUT2D eigenvalue weighted by atomic mass is 16.6. The SMILES string of the molecule is Cc1ccc(NC(=O)COC(=O)[C@H]2CC(=O)N(c3ccc([N+](=O)[O-])cc3)C2)cc1. The summed E-state index contributed by atoms with van der Waals surface area (Å²) in [5, 5.41) is 13.4. The van der Waals surface area contributed by atoms with Crippen LogP contribution in [0.2, 0.25) is 0 Å². The average Bonchev–Trinajstić information content (AvgIpc) is 3.09. The van der Waals surface area contributed by atoms with Crippen LogP contribution in [0.1, 0.15) is 12.0 Å². The lowest BCUT2D eigenvalue weighted by Crippen LogP contribution is -2.28. The normalized spacial score (nSPS) is 15.8. The fourth-order valence-electron chi connectivity index (χ4n) is 2.96. The number of nitro benzene ring substituents is 1. The van der Waals surface area contributed by atoms with Gasteiger partial charge in [-0.15, -0.1) is 0 Å². The minimum Gasteiger partial charge on any atom is -0.455 e. The number of hydrogen-bond donors (Lipinski definition) is 1. The van der Waals surface area contributed by atoms with Crippen molar-refractivity contribution in [1.82, 2.24) is 0 Å². The van der Waals surface area contributed by atoms with Gasteiger partial charge in [-0.2, -0.15) is 0 Å². The molecule has 0 saturated carbocycles. The molecule has 2 amide bonds. The lowest BCUT2D eigenvalue weighted by molar-refractivity contribution is -0.384. The maximum absolute atomic E-state index is 12.2. The van der Waals surface area contributed by atoms with E-state index in [9.17, 15) is 24.5 Å². The number of carbonyl (C=O) groups excluding carboxylic acids is 3. The molecule has 0 bridgehead atoms. The van der Waals surface area contributed by atoms with E-state index >= 15 is 0 Å². The molecule has 1 atom stereocenters. The summed E-state index contributed by atoms with van der Waals surface area (Å²) in [6, 6.07) is 12.7. The molecule has 0 unspecified atom stereocenters. The number of benzene rings is 2. The van der Waals surface area contributed by atoms with Crippen molar-refractivity contribution in [2.24, 2.45) is 5.92 Å². The number of ether oxygens (including phenoxy) is 1. The van der Waals surface area contributed by atoms with Crippen LogP contribution in [0.5, 0.6) is 0 Å². The molecule has 9 nitrogen and oxygen atoms in total. The topological polar surface area (TPSA) is 119 Å². The van der Waals surface area contributed by atoms with Crippen LogP contribution >= 0.6 is 0 Å². The maximum Gasteiger partial charge on any atom is 0.311 e. The Bertz CT molecular complexity index is 940. The van der Waals surface area contributed by atoms with Gasteiger partial charge in [0.25, 0.3) is 11.6 Å². The van der Waals surface area contributed by atoms with E-state index in [0.29, 0.717) is 11.4 Å². The van der Waals surface area contributed by atoms with Gasteiger partial charge in [0, 0.05) is 36.5 Å². The molecule has 0 radical (unpaired) electrons. The van der Waals surface area contributed by atoms with Gasteiger partial charge in [-0.3, -0.25) is 24.5 Å². The van der Waals surface area contributed by atoms with Crippen LogP contribution in [0.25, 0.3) is 0 Å². The van der Waals surface area contributed by atoms with Crippen molar-refractivity contribution in [3.05, 3.63) is 64.2 Å². The Balaban J connectivity index is 1.52. The molecule has 0 spiro atoms. The van der Waals surface area contributed by atoms with Crippen LogP contribution in [0, 0.1) is 23.0 Å². The van der Waals surface area contributed by atoms with Crippen LogP contribution in [0.4, 0.5) is 17.1 Å². The standard InChI is InChI=1S/C20H19N3O6/c1-13-2-4-15(5-3-13)21-18(24)12-29-20(26)14-10-19(25)22(11-14)16-6-8-17(9-7-16)23(27)28/h2-9,14H,10-12H2,1H3,(H,21,24)/t14-/m0/s1. The molecule has 1 saturated heterocycles. The molecule has 9 heteroatoms. The van der Waals surface area contributed by atoms with Crippen molar-refractivity contribution >= 4 is 34.8 Å². The van der Waals surface area contributed by atoms with E-state index in [4.69, 9.17) is 4.74 Å². The van der Waals surface area contributed by atoms with Gasteiger partial charge in [0.2, 0.25) is 5.91 Å². The molecule has 0 aromatic heterocycles. The highest BCUT2D eigenvalue weighted by Gasteiger charge is 2.36. The summed E-state index contributed by atoms with van der Waals surface area (Å²) < 4.78 is 5.05. The summed E-state index contributed by atoms with van der Waals surface area (Å²) >= 11 is 0. The highest BCUT2D eigenvalue weighted by molar-refractivity contribution is 6.00. The molecule has 1 N–H and O–H groups in total. The first-order valence-corrected chi connectivity index (χ1v) is 8.91. The minimum absolute atomic E-state index is 0.0462. The Morgan fingerprint density at radius 3 is 2.45 bits per heavy atom. The first-order valence-electron chi connectivity index (χ1n) is 8.91. The number of rotatable bonds is 6. The third-order valence-electron chi connectivity index (χ3n) is 4.51. The quantitative estimate of drug-likeness (QED) is 0.454. The molecule has 0 aliphatic carbocycles. The maximum atomic E-state index is 12.2. The van der Waals surface area contributed by atoms with Gasteiger partial charge in [0.05, 0.1) is 10.8 Å². The number of nitro groups is 1. The zero-order valence-corrected chi connectivity index (χ0v) is 15.7. The number of esters is 1. The van der Waals surface area contributed by atoms with Crippen molar-refractivity contribution in [2.45, 2.75) is 13.3 Å². The van der Waals surface area contributed by atoms with Crippen molar-refractivity contribution < 1.29 is 24.0 Å². The number of amides is 2. The van der Waals surface area contributed by atoms with Gasteiger partial charge < -0.3 is 15.0 Å². The third-order valence-corrected chi connectivity index (χ3v) is 4.51. The van der Waals surface area contributed by atoms with E-state index in [1.165, 1.54) is 29.2 Å². The predicted octanol–water partition coefficient (Wildman–Crippen LogP) is 2.44. The van der Waals surface area contributed by atoms with E-state index in [2.05, 4.69) is 5.32 Å². The number of anilines is 2. The summed E-state index contributed by atoms with van der Waals surface area (Å²) in [6.45, 7) is 1.57. The lowest BCUT2D eigenvalue weighted by Gasteiger charge is -2.16. The second-order valence-corrected chi connectivity index (χ2v) is 6.70. The Labute approximate surface area is 166 Å². The molecule has 3 rings (SSSR count). The molecule has 2 aromatic carbocycles. The fraction of sp³-hybridized carbons (Fsp3) is 0.250. The molecular weight excluding hydrogens is 378 g/mol. The van der Waals surface area contributed by atoms with E-state index < -0.39 is 29.3 Å². The first kappa shape index (κ1) is 20.0. The van der Waals surface area contributed by atoms with Crippen LogP contribution < -0.4 is 10.2 Å². The van der Waals surface area contributed by atoms with Crippen molar-refractivity contribution in [3.63, 3.8) is 0 Å². The number of hydrogen-bond acceptors (Lipinski definition) is 6. The molecular formula is C20H19N3O6. The Hall–Kier alpha value is -3.75. The van der Waals surface area contributed by atoms with Crippen LogP contribution in [0.3, 0.4) is 0 Å². The number of aryl methyl sites for hydroxylation is 1. The van der Waals surface area contributed by atoms with Gasteiger partial charge in [-0.05, 0) is 31.2 Å². The Morgan fingerprint density at radius 1 is 1.17 bits per heavy atom. The number of nitrogens with zero attached hydrogens (tertiary/aromatic N) is 2. The number of nitrogens with one attached hydrogen (secondary N) is 1. The summed E-state index contributed by atoms with van der Waals surface area (Å²) in [7, 11) is 0. The Kier molecular flexibility index (Phi) is 5.87. The zero-order valence-electron chi connectivity index (χ0n) is 15.7. The molecule has 1 aliphatic rings. The van der Waals surface area contributed by atoms with Gasteiger partial charge in [-0.1, -0.05) is 17.7 Å². The summed E-state index contributed by atoms with van der Waals surface area (Å²) in [6.07, 6.45) is -0.0462.